The molecule has 0 spiro atoms. The summed E-state index contributed by atoms with van der Waals surface area (Å²) >= 11 is 6.19. The van der Waals surface area contributed by atoms with Gasteiger partial charge in [-0.15, -0.1) is 0 Å². The monoisotopic (exact) mass is 290 g/mol. The van der Waals surface area contributed by atoms with E-state index in [0.29, 0.717) is 29.2 Å². The summed E-state index contributed by atoms with van der Waals surface area (Å²) in [6, 6.07) is 4.60. The molecule has 0 radical (unpaired) electrons. The van der Waals surface area contributed by atoms with Gasteiger partial charge in [0.25, 0.3) is 0 Å². The van der Waals surface area contributed by atoms with E-state index in [-0.39, 0.29) is 12.4 Å². The van der Waals surface area contributed by atoms with Gasteiger partial charge in [-0.2, -0.15) is 0 Å². The average Bonchev–Trinajstić information content (AvgIpc) is 3.13. The Hall–Kier alpha value is -0.640. The fraction of sp³-hybridized carbons (Fsp3) is 0.538. The molecule has 0 amide bonds. The van der Waals surface area contributed by atoms with Gasteiger partial charge in [-0.1, -0.05) is 11.6 Å². The third-order valence-corrected chi connectivity index (χ3v) is 3.03. The van der Waals surface area contributed by atoms with Crippen molar-refractivity contribution in [3.8, 4) is 11.5 Å². The number of nitrogens with one attached hydrogen (secondary N) is 1. The van der Waals surface area contributed by atoms with Gasteiger partial charge in [-0.3, -0.25) is 0 Å². The molecule has 1 saturated carbocycles. The molecule has 1 aromatic rings. The molecule has 0 aliphatic heterocycles. The Morgan fingerprint density at radius 1 is 1.39 bits per heavy atom. The molecule has 102 valence electrons. The Kier molecular flexibility index (Phi) is 6.06. The Bertz CT molecular complexity index is 395. The fourth-order valence-electron chi connectivity index (χ4n) is 1.71. The fourth-order valence-corrected chi connectivity index (χ4v) is 2.00. The number of hydrogen-bond acceptors (Lipinski definition) is 3. The van der Waals surface area contributed by atoms with Gasteiger partial charge in [0, 0.05) is 12.6 Å². The van der Waals surface area contributed by atoms with Crippen molar-refractivity contribution in [3.63, 3.8) is 0 Å². The number of halogens is 2. The lowest BCUT2D eigenvalue weighted by Gasteiger charge is -2.13. The van der Waals surface area contributed by atoms with Crippen LogP contribution in [0.15, 0.2) is 12.1 Å². The number of ether oxygens (including phenoxy) is 2. The van der Waals surface area contributed by atoms with Crippen molar-refractivity contribution in [2.75, 3.05) is 13.7 Å². The van der Waals surface area contributed by atoms with Gasteiger partial charge in [-0.05, 0) is 37.5 Å². The summed E-state index contributed by atoms with van der Waals surface area (Å²) in [4.78, 5) is 0. The second-order valence-electron chi connectivity index (χ2n) is 4.20. The molecule has 1 N–H and O–H groups in total. The third kappa shape index (κ3) is 3.94. The zero-order valence-electron chi connectivity index (χ0n) is 10.6. The van der Waals surface area contributed by atoms with Crippen LogP contribution in [0.1, 0.15) is 25.3 Å². The van der Waals surface area contributed by atoms with E-state index in [0.717, 1.165) is 12.1 Å². The maximum absolute atomic E-state index is 6.19. The lowest BCUT2D eigenvalue weighted by atomic mass is 10.2. The van der Waals surface area contributed by atoms with Crippen LogP contribution in [0.2, 0.25) is 5.02 Å². The smallest absolute Gasteiger partial charge is 0.179 e. The summed E-state index contributed by atoms with van der Waals surface area (Å²) in [5.41, 5.74) is 1.13. The molecule has 0 bridgehead atoms. The van der Waals surface area contributed by atoms with Gasteiger partial charge in [0.2, 0.25) is 0 Å². The average molecular weight is 291 g/mol. The first-order valence-electron chi connectivity index (χ1n) is 5.97. The molecule has 1 aromatic carbocycles. The van der Waals surface area contributed by atoms with E-state index in [1.165, 1.54) is 12.8 Å². The molecule has 1 aliphatic rings. The van der Waals surface area contributed by atoms with Gasteiger partial charge in [0.1, 0.15) is 0 Å². The standard InChI is InChI=1S/C13H18ClNO2.ClH/c1-3-17-13-11(14)6-9(7-12(13)16-2)8-15-10-4-5-10;/h6-7,10,15H,3-5,8H2,1-2H3;1H/p-1. The lowest BCUT2D eigenvalue weighted by Crippen LogP contribution is -3.00. The molecule has 1 fully saturated rings. The topological polar surface area (TPSA) is 30.5 Å². The van der Waals surface area contributed by atoms with Crippen LogP contribution < -0.4 is 27.2 Å². The molecule has 0 unspecified atom stereocenters. The van der Waals surface area contributed by atoms with Gasteiger partial charge in [-0.25, -0.2) is 0 Å². The highest BCUT2D eigenvalue weighted by atomic mass is 35.5. The van der Waals surface area contributed by atoms with Crippen molar-refractivity contribution in [2.24, 2.45) is 0 Å². The molecule has 1 aliphatic carbocycles. The van der Waals surface area contributed by atoms with Gasteiger partial charge < -0.3 is 27.2 Å². The van der Waals surface area contributed by atoms with Crippen molar-refractivity contribution in [2.45, 2.75) is 32.4 Å². The van der Waals surface area contributed by atoms with Crippen LogP contribution in [0.25, 0.3) is 0 Å². The second kappa shape index (κ2) is 7.07. The summed E-state index contributed by atoms with van der Waals surface area (Å²) in [5, 5.41) is 4.06. The summed E-state index contributed by atoms with van der Waals surface area (Å²) in [7, 11) is 1.63. The first-order valence-corrected chi connectivity index (χ1v) is 6.35. The molecule has 0 heterocycles. The highest BCUT2D eigenvalue weighted by molar-refractivity contribution is 6.32. The Morgan fingerprint density at radius 2 is 2.11 bits per heavy atom. The summed E-state index contributed by atoms with van der Waals surface area (Å²) in [5.74, 6) is 1.33. The minimum absolute atomic E-state index is 0. The van der Waals surface area contributed by atoms with Crippen molar-refractivity contribution >= 4 is 11.6 Å². The quantitative estimate of drug-likeness (QED) is 0.800. The van der Waals surface area contributed by atoms with Crippen LogP contribution in [0.4, 0.5) is 0 Å². The SMILES string of the molecule is CCOc1c(Cl)cc(CNC2CC2)cc1OC.[Cl-]. The molecule has 3 nitrogen and oxygen atoms in total. The van der Waals surface area contributed by atoms with Gasteiger partial charge in [0.15, 0.2) is 11.5 Å². The van der Waals surface area contributed by atoms with Crippen molar-refractivity contribution in [3.05, 3.63) is 22.7 Å². The predicted molar refractivity (Wildman–Crippen MR) is 69.0 cm³/mol. The molecule has 0 saturated heterocycles. The van der Waals surface area contributed by atoms with Crippen LogP contribution in [0, 0.1) is 0 Å². The van der Waals surface area contributed by atoms with Crippen molar-refractivity contribution < 1.29 is 21.9 Å². The van der Waals surface area contributed by atoms with E-state index in [1.54, 1.807) is 7.11 Å². The van der Waals surface area contributed by atoms with Crippen LogP contribution in [-0.2, 0) is 6.54 Å². The number of hydrogen-bond donors (Lipinski definition) is 1. The Labute approximate surface area is 119 Å². The number of methoxy groups -OCH3 is 1. The summed E-state index contributed by atoms with van der Waals surface area (Å²) in [6.45, 7) is 3.33. The minimum atomic E-state index is 0. The number of benzene rings is 1. The van der Waals surface area contributed by atoms with E-state index in [4.69, 9.17) is 21.1 Å². The van der Waals surface area contributed by atoms with E-state index >= 15 is 0 Å². The first-order chi connectivity index (χ1) is 8.24. The molecule has 0 atom stereocenters. The van der Waals surface area contributed by atoms with E-state index in [9.17, 15) is 0 Å². The molecular formula is C13H18Cl2NO2-. The van der Waals surface area contributed by atoms with Gasteiger partial charge in [0.05, 0.1) is 18.7 Å². The lowest BCUT2D eigenvalue weighted by molar-refractivity contribution is -0.00000422. The molecule has 2 rings (SSSR count). The Morgan fingerprint density at radius 3 is 2.67 bits per heavy atom. The summed E-state index contributed by atoms with van der Waals surface area (Å²) < 4.78 is 10.8. The maximum atomic E-state index is 6.19. The maximum Gasteiger partial charge on any atom is 0.179 e. The van der Waals surface area contributed by atoms with Crippen molar-refractivity contribution in [1.82, 2.24) is 5.32 Å². The van der Waals surface area contributed by atoms with Crippen LogP contribution >= 0.6 is 11.6 Å². The highest BCUT2D eigenvalue weighted by Crippen LogP contribution is 2.36. The number of rotatable bonds is 6. The van der Waals surface area contributed by atoms with Crippen molar-refractivity contribution in [1.29, 1.82) is 0 Å². The first kappa shape index (κ1) is 15.4. The molecule has 5 heteroatoms. The van der Waals surface area contributed by atoms with Crippen LogP contribution in [0.3, 0.4) is 0 Å². The second-order valence-corrected chi connectivity index (χ2v) is 4.60. The largest absolute Gasteiger partial charge is 1.00 e. The minimum Gasteiger partial charge on any atom is -1.00 e. The normalized spacial score (nSPS) is 13.9. The third-order valence-electron chi connectivity index (χ3n) is 2.75. The predicted octanol–water partition coefficient (Wildman–Crippen LogP) is 0.00330. The zero-order chi connectivity index (χ0) is 12.3. The van der Waals surface area contributed by atoms with Crippen LogP contribution in [0.5, 0.6) is 11.5 Å². The van der Waals surface area contributed by atoms with Gasteiger partial charge >= 0.3 is 0 Å². The summed E-state index contributed by atoms with van der Waals surface area (Å²) in [6.07, 6.45) is 2.56. The zero-order valence-corrected chi connectivity index (χ0v) is 12.1. The molecular weight excluding hydrogens is 273 g/mol. The Balaban J connectivity index is 0.00000162. The van der Waals surface area contributed by atoms with E-state index < -0.39 is 0 Å². The van der Waals surface area contributed by atoms with E-state index in [1.807, 2.05) is 19.1 Å². The highest BCUT2D eigenvalue weighted by Gasteiger charge is 2.20. The van der Waals surface area contributed by atoms with E-state index in [2.05, 4.69) is 5.32 Å². The molecule has 18 heavy (non-hydrogen) atoms. The van der Waals surface area contributed by atoms with Crippen LogP contribution in [-0.4, -0.2) is 19.8 Å². The molecule has 0 aromatic heterocycles.